The minimum absolute atomic E-state index is 0.0833. The van der Waals surface area contributed by atoms with Crippen LogP contribution in [0, 0.1) is 23.2 Å². The molecule has 0 radical (unpaired) electrons. The summed E-state index contributed by atoms with van der Waals surface area (Å²) in [7, 11) is 1.70. The molecule has 1 saturated heterocycles. The van der Waals surface area contributed by atoms with Crippen LogP contribution in [0.4, 0.5) is 0 Å². The molecule has 2 bridgehead atoms. The van der Waals surface area contributed by atoms with Gasteiger partial charge < -0.3 is 14.9 Å². The number of rotatable bonds is 8. The molecule has 3 aliphatic carbocycles. The number of aliphatic hydroxyl groups is 1. The molecular weight excluding hydrogens is 416 g/mol. The molecule has 1 heterocycles. The van der Waals surface area contributed by atoms with Gasteiger partial charge in [0.25, 0.3) is 0 Å². The van der Waals surface area contributed by atoms with Crippen LogP contribution in [-0.4, -0.2) is 81.5 Å². The van der Waals surface area contributed by atoms with Gasteiger partial charge in [-0.1, -0.05) is 25.0 Å². The molecule has 6 atom stereocenters. The average molecular weight is 457 g/mol. The van der Waals surface area contributed by atoms with Gasteiger partial charge in [0.05, 0.1) is 24.8 Å². The number of nitriles is 1. The summed E-state index contributed by atoms with van der Waals surface area (Å²) in [5.74, 6) is 0.604. The molecule has 4 aliphatic rings. The van der Waals surface area contributed by atoms with Crippen LogP contribution in [0.1, 0.15) is 72.1 Å². The quantitative estimate of drug-likeness (QED) is 0.568. The number of amides is 2. The van der Waals surface area contributed by atoms with E-state index in [0.717, 1.165) is 51.5 Å². The summed E-state index contributed by atoms with van der Waals surface area (Å²) >= 11 is 0. The molecule has 2 amide bonds. The third-order valence-electron chi connectivity index (χ3n) is 8.84. The lowest BCUT2D eigenvalue weighted by Crippen LogP contribution is -2.56. The van der Waals surface area contributed by atoms with E-state index in [1.807, 2.05) is 11.8 Å². The Morgan fingerprint density at radius 1 is 1.36 bits per heavy atom. The van der Waals surface area contributed by atoms with E-state index in [4.69, 9.17) is 0 Å². The largest absolute Gasteiger partial charge is 0.389 e. The fourth-order valence-corrected chi connectivity index (χ4v) is 6.93. The van der Waals surface area contributed by atoms with Gasteiger partial charge in [0.1, 0.15) is 6.04 Å². The van der Waals surface area contributed by atoms with Crippen molar-refractivity contribution in [3.8, 4) is 6.07 Å². The van der Waals surface area contributed by atoms with Gasteiger partial charge in [-0.3, -0.25) is 14.5 Å². The summed E-state index contributed by atoms with van der Waals surface area (Å²) in [5, 5.41) is 20.4. The fourth-order valence-electron chi connectivity index (χ4n) is 6.93. The summed E-state index contributed by atoms with van der Waals surface area (Å²) in [5.41, 5.74) is 0.340. The minimum Gasteiger partial charge on any atom is -0.389 e. The van der Waals surface area contributed by atoms with Gasteiger partial charge in [0.15, 0.2) is 0 Å². The van der Waals surface area contributed by atoms with Gasteiger partial charge in [-0.2, -0.15) is 5.26 Å². The Balaban J connectivity index is 1.58. The number of likely N-dealkylation sites (tertiary alicyclic amines) is 1. The third kappa shape index (κ3) is 4.44. The summed E-state index contributed by atoms with van der Waals surface area (Å²) in [6.45, 7) is 7.37. The molecule has 7 heteroatoms. The zero-order valence-corrected chi connectivity index (χ0v) is 20.7. The van der Waals surface area contributed by atoms with E-state index in [-0.39, 0.29) is 36.9 Å². The van der Waals surface area contributed by atoms with Crippen molar-refractivity contribution in [3.05, 3.63) is 11.6 Å². The molecule has 1 N–H and O–H groups in total. The van der Waals surface area contributed by atoms with E-state index in [1.165, 1.54) is 5.57 Å². The molecule has 7 nitrogen and oxygen atoms in total. The van der Waals surface area contributed by atoms with Crippen LogP contribution in [0.2, 0.25) is 0 Å². The first kappa shape index (κ1) is 24.2. The van der Waals surface area contributed by atoms with Crippen LogP contribution in [-0.2, 0) is 9.59 Å². The molecule has 0 spiro atoms. The Hall–Kier alpha value is -1.91. The Kier molecular flexibility index (Phi) is 6.63. The topological polar surface area (TPSA) is 87.9 Å². The summed E-state index contributed by atoms with van der Waals surface area (Å²) in [4.78, 5) is 32.2. The van der Waals surface area contributed by atoms with Crippen LogP contribution in [0.15, 0.2) is 11.6 Å². The van der Waals surface area contributed by atoms with E-state index < -0.39 is 17.2 Å². The van der Waals surface area contributed by atoms with Crippen molar-refractivity contribution in [2.45, 2.75) is 95.4 Å². The fraction of sp³-hybridized carbons (Fsp3) is 0.808. The minimum atomic E-state index is -0.528. The van der Waals surface area contributed by atoms with Gasteiger partial charge >= 0.3 is 0 Å². The Labute approximate surface area is 198 Å². The molecule has 3 fully saturated rings. The molecule has 0 aromatic rings. The second kappa shape index (κ2) is 9.03. The molecule has 182 valence electrons. The lowest BCUT2D eigenvalue weighted by Gasteiger charge is -2.48. The monoisotopic (exact) mass is 456 g/mol. The van der Waals surface area contributed by atoms with E-state index in [9.17, 15) is 20.0 Å². The van der Waals surface area contributed by atoms with Gasteiger partial charge in [-0.05, 0) is 64.7 Å². The first-order chi connectivity index (χ1) is 15.6. The zero-order chi connectivity index (χ0) is 24.0. The lowest BCUT2D eigenvalue weighted by molar-refractivity contribution is -0.138. The predicted octanol–water partition coefficient (Wildman–Crippen LogP) is 2.70. The lowest BCUT2D eigenvalue weighted by atomic mass is 9.65. The standard InChI is InChI=1S/C26H40N4O3/c1-5-7-21(15-27)28(4)23(31)16-29(17-24(32)30-9-6-8-18(30)2)25(3)11-19-10-22-20(13-25)14-26(22,33)12-19/h13,18-19,21-22,33H,5-12,14,16-17H2,1-4H3. The van der Waals surface area contributed by atoms with Crippen molar-refractivity contribution in [1.29, 1.82) is 5.26 Å². The number of carbonyl (C=O) groups is 2. The van der Waals surface area contributed by atoms with Crippen molar-refractivity contribution in [2.75, 3.05) is 26.7 Å². The maximum absolute atomic E-state index is 13.3. The summed E-state index contributed by atoms with van der Waals surface area (Å²) < 4.78 is 0. The number of fused-ring (bicyclic) bond motifs is 1. The molecule has 6 unspecified atom stereocenters. The van der Waals surface area contributed by atoms with Crippen molar-refractivity contribution >= 4 is 11.8 Å². The number of likely N-dealkylation sites (N-methyl/N-ethyl adjacent to an activating group) is 1. The Morgan fingerprint density at radius 2 is 2.12 bits per heavy atom. The van der Waals surface area contributed by atoms with Crippen LogP contribution in [0.5, 0.6) is 0 Å². The smallest absolute Gasteiger partial charge is 0.237 e. The summed E-state index contributed by atoms with van der Waals surface area (Å²) in [6, 6.07) is 2.05. The molecule has 0 aromatic heterocycles. The van der Waals surface area contributed by atoms with Crippen LogP contribution >= 0.6 is 0 Å². The Bertz CT molecular complexity index is 866. The van der Waals surface area contributed by atoms with E-state index in [1.54, 1.807) is 11.9 Å². The average Bonchev–Trinajstić information content (AvgIpc) is 3.25. The Morgan fingerprint density at radius 3 is 2.76 bits per heavy atom. The normalized spacial score (nSPS) is 35.5. The number of carbonyl (C=O) groups excluding carboxylic acids is 2. The number of hydrogen-bond acceptors (Lipinski definition) is 5. The second-order valence-corrected chi connectivity index (χ2v) is 11.3. The van der Waals surface area contributed by atoms with Crippen molar-refractivity contribution < 1.29 is 14.7 Å². The molecule has 4 rings (SSSR count). The van der Waals surface area contributed by atoms with Crippen LogP contribution < -0.4 is 0 Å². The summed E-state index contributed by atoms with van der Waals surface area (Å²) in [6.07, 6.45) is 9.17. The highest BCUT2D eigenvalue weighted by Crippen LogP contribution is 2.60. The third-order valence-corrected chi connectivity index (χ3v) is 8.84. The van der Waals surface area contributed by atoms with Crippen LogP contribution in [0.3, 0.4) is 0 Å². The molecule has 2 saturated carbocycles. The van der Waals surface area contributed by atoms with Gasteiger partial charge in [0.2, 0.25) is 11.8 Å². The second-order valence-electron chi connectivity index (χ2n) is 11.3. The first-order valence-corrected chi connectivity index (χ1v) is 12.7. The molecular formula is C26H40N4O3. The first-order valence-electron chi connectivity index (χ1n) is 12.7. The highest BCUT2D eigenvalue weighted by atomic mass is 16.3. The van der Waals surface area contributed by atoms with Crippen molar-refractivity contribution in [1.82, 2.24) is 14.7 Å². The van der Waals surface area contributed by atoms with Gasteiger partial charge in [-0.15, -0.1) is 0 Å². The van der Waals surface area contributed by atoms with Crippen molar-refractivity contribution in [2.24, 2.45) is 11.8 Å². The van der Waals surface area contributed by atoms with Gasteiger partial charge in [0, 0.05) is 31.1 Å². The number of hydrogen-bond donors (Lipinski definition) is 1. The van der Waals surface area contributed by atoms with Crippen molar-refractivity contribution in [3.63, 3.8) is 0 Å². The SMILES string of the molecule is CCCC(C#N)N(C)C(=O)CN(CC(=O)N1CCCC1C)C1(C)C=C2CC3(O)CC(CC23)C1. The molecule has 0 aromatic carbocycles. The zero-order valence-electron chi connectivity index (χ0n) is 20.7. The van der Waals surface area contributed by atoms with Crippen LogP contribution in [0.25, 0.3) is 0 Å². The van der Waals surface area contributed by atoms with Gasteiger partial charge in [-0.25, -0.2) is 0 Å². The molecule has 1 aliphatic heterocycles. The van der Waals surface area contributed by atoms with E-state index in [0.29, 0.717) is 12.3 Å². The van der Waals surface area contributed by atoms with E-state index in [2.05, 4.69) is 30.9 Å². The van der Waals surface area contributed by atoms with E-state index >= 15 is 0 Å². The predicted molar refractivity (Wildman–Crippen MR) is 126 cm³/mol. The highest BCUT2D eigenvalue weighted by Gasteiger charge is 2.59. The maximum Gasteiger partial charge on any atom is 0.237 e. The molecule has 33 heavy (non-hydrogen) atoms. The number of nitrogens with zero attached hydrogens (tertiary/aromatic N) is 4. The maximum atomic E-state index is 13.3. The highest BCUT2D eigenvalue weighted by molar-refractivity contribution is 5.82.